The van der Waals surface area contributed by atoms with Gasteiger partial charge >= 0.3 is 0 Å². The summed E-state index contributed by atoms with van der Waals surface area (Å²) < 4.78 is 36.8. The number of amides is 1. The first-order chi connectivity index (χ1) is 15.5. The number of methoxy groups -OCH3 is 1. The molecule has 1 aromatic carbocycles. The van der Waals surface area contributed by atoms with Gasteiger partial charge in [0.25, 0.3) is 0 Å². The fourth-order valence-electron chi connectivity index (χ4n) is 3.74. The molecule has 3 heterocycles. The van der Waals surface area contributed by atoms with Gasteiger partial charge in [-0.1, -0.05) is 0 Å². The summed E-state index contributed by atoms with van der Waals surface area (Å²) in [5.41, 5.74) is 1.81. The highest BCUT2D eigenvalue weighted by Crippen LogP contribution is 2.44. The zero-order chi connectivity index (χ0) is 22.4. The van der Waals surface area contributed by atoms with Crippen LogP contribution < -0.4 is 15.4 Å². The van der Waals surface area contributed by atoms with Crippen LogP contribution >= 0.6 is 0 Å². The van der Waals surface area contributed by atoms with Gasteiger partial charge in [0.15, 0.2) is 5.58 Å². The molecule has 1 aliphatic rings. The van der Waals surface area contributed by atoms with Gasteiger partial charge in [-0.25, -0.2) is 23.7 Å². The van der Waals surface area contributed by atoms with Crippen LogP contribution in [-0.4, -0.2) is 41.4 Å². The zero-order valence-electron chi connectivity index (χ0n) is 17.2. The Morgan fingerprint density at radius 3 is 2.78 bits per heavy atom. The number of fused-ring (bicyclic) bond motifs is 2. The normalized spacial score (nSPS) is 17.7. The van der Waals surface area contributed by atoms with Crippen molar-refractivity contribution in [3.05, 3.63) is 36.7 Å². The molecule has 8 nitrogen and oxygen atoms in total. The molecule has 0 radical (unpaired) electrons. The number of alkyl halides is 2. The Morgan fingerprint density at radius 1 is 1.22 bits per heavy atom. The van der Waals surface area contributed by atoms with E-state index in [1.807, 2.05) is 0 Å². The molecule has 1 aliphatic carbocycles. The van der Waals surface area contributed by atoms with E-state index in [-0.39, 0.29) is 12.2 Å². The van der Waals surface area contributed by atoms with E-state index >= 15 is 0 Å². The first-order valence-corrected chi connectivity index (χ1v) is 9.99. The number of benzene rings is 1. The molecule has 1 amide bonds. The van der Waals surface area contributed by atoms with Crippen molar-refractivity contribution < 1.29 is 22.7 Å². The summed E-state index contributed by atoms with van der Waals surface area (Å²) in [7, 11) is 3.31. The number of aromatic nitrogens is 3. The number of hydrogen-bond donors (Lipinski definition) is 2. The molecule has 1 fully saturated rings. The van der Waals surface area contributed by atoms with E-state index in [0.29, 0.717) is 44.9 Å². The van der Waals surface area contributed by atoms with Crippen LogP contribution in [0.5, 0.6) is 5.75 Å². The molecule has 32 heavy (non-hydrogen) atoms. The van der Waals surface area contributed by atoms with E-state index in [1.54, 1.807) is 50.8 Å². The van der Waals surface area contributed by atoms with Crippen molar-refractivity contribution in [2.75, 3.05) is 24.8 Å². The van der Waals surface area contributed by atoms with Crippen molar-refractivity contribution in [1.82, 2.24) is 15.0 Å². The maximum Gasteiger partial charge on any atom is 0.242 e. The van der Waals surface area contributed by atoms with E-state index in [9.17, 15) is 13.6 Å². The summed E-state index contributed by atoms with van der Waals surface area (Å²) >= 11 is 0. The summed E-state index contributed by atoms with van der Waals surface area (Å²) in [6, 6.07) is 6.98. The lowest BCUT2D eigenvalue weighted by molar-refractivity contribution is -0.118. The van der Waals surface area contributed by atoms with Gasteiger partial charge in [-0.3, -0.25) is 4.79 Å². The molecule has 3 aromatic heterocycles. The highest BCUT2D eigenvalue weighted by molar-refractivity contribution is 6.03. The molecule has 10 heteroatoms. The molecule has 0 bridgehead atoms. The fraction of sp³-hybridized carbons (Fsp3) is 0.273. The molecule has 4 aromatic rings. The minimum absolute atomic E-state index is 0.183. The number of halogens is 2. The topological polar surface area (TPSA) is 102 Å². The Kier molecular flexibility index (Phi) is 4.84. The molecule has 2 N–H and O–H groups in total. The van der Waals surface area contributed by atoms with Crippen molar-refractivity contribution in [1.29, 1.82) is 0 Å². The number of nitrogens with zero attached hydrogens (tertiary/aromatic N) is 3. The van der Waals surface area contributed by atoms with Gasteiger partial charge in [-0.15, -0.1) is 0 Å². The second-order valence-electron chi connectivity index (χ2n) is 7.57. The summed E-state index contributed by atoms with van der Waals surface area (Å²) in [5.74, 6) is -0.187. The monoisotopic (exact) mass is 439 g/mol. The van der Waals surface area contributed by atoms with Crippen LogP contribution in [0.25, 0.3) is 33.3 Å². The number of pyridine rings is 2. The van der Waals surface area contributed by atoms with E-state index < -0.39 is 24.2 Å². The standard InChI is InChI=1S/C22H19F2N5O3/c1-25-20-14-8-26-18(29-21(30)13-6-12(13)19(23)24)7-11(14)15(9-27-20)22-28-16-5-10(31-2)3-4-17(16)32-22/h3-5,7-9,12-13,19H,6H2,1-2H3,(H,25,27)(H,26,29,30). The Hall–Kier alpha value is -3.82. The minimum Gasteiger partial charge on any atom is -0.497 e. The second-order valence-corrected chi connectivity index (χ2v) is 7.57. The van der Waals surface area contributed by atoms with Crippen LogP contribution in [0.15, 0.2) is 41.1 Å². The second kappa shape index (κ2) is 7.70. The molecule has 0 saturated heterocycles. The average Bonchev–Trinajstić information content (AvgIpc) is 3.51. The number of carbonyl (C=O) groups excluding carboxylic acids is 1. The van der Waals surface area contributed by atoms with E-state index in [1.165, 1.54) is 0 Å². The Balaban J connectivity index is 1.55. The molecule has 1 saturated carbocycles. The molecular formula is C22H19F2N5O3. The predicted molar refractivity (Wildman–Crippen MR) is 115 cm³/mol. The number of anilines is 2. The van der Waals surface area contributed by atoms with Gasteiger partial charge in [0, 0.05) is 48.1 Å². The van der Waals surface area contributed by atoms with Crippen LogP contribution in [-0.2, 0) is 4.79 Å². The SMILES string of the molecule is CNc1ncc(-c2nc3cc(OC)ccc3o2)c2cc(NC(=O)C3CC3C(F)F)ncc12. The van der Waals surface area contributed by atoms with Crippen molar-refractivity contribution in [3.63, 3.8) is 0 Å². The summed E-state index contributed by atoms with van der Waals surface area (Å²) in [5, 5.41) is 7.04. The first kappa shape index (κ1) is 20.1. The van der Waals surface area contributed by atoms with Crippen molar-refractivity contribution >= 4 is 39.4 Å². The number of nitrogens with one attached hydrogen (secondary N) is 2. The van der Waals surface area contributed by atoms with Crippen molar-refractivity contribution in [2.45, 2.75) is 12.8 Å². The van der Waals surface area contributed by atoms with Crippen LogP contribution in [0.1, 0.15) is 6.42 Å². The number of rotatable bonds is 6. The number of ether oxygens (including phenoxy) is 1. The minimum atomic E-state index is -2.50. The third-order valence-corrected chi connectivity index (χ3v) is 5.59. The Labute approximate surface area is 181 Å². The average molecular weight is 439 g/mol. The molecule has 5 rings (SSSR count). The lowest BCUT2D eigenvalue weighted by atomic mass is 10.1. The quantitative estimate of drug-likeness (QED) is 0.461. The third kappa shape index (κ3) is 3.47. The Bertz CT molecular complexity index is 1340. The Morgan fingerprint density at radius 2 is 2.06 bits per heavy atom. The lowest BCUT2D eigenvalue weighted by Gasteiger charge is -2.10. The first-order valence-electron chi connectivity index (χ1n) is 9.99. The highest BCUT2D eigenvalue weighted by Gasteiger charge is 2.48. The number of carbonyl (C=O) groups is 1. The van der Waals surface area contributed by atoms with Crippen molar-refractivity contribution in [3.8, 4) is 17.2 Å². The van der Waals surface area contributed by atoms with Gasteiger partial charge in [0.2, 0.25) is 18.2 Å². The van der Waals surface area contributed by atoms with Gasteiger partial charge < -0.3 is 19.8 Å². The number of oxazole rings is 1. The predicted octanol–water partition coefficient (Wildman–Crippen LogP) is 4.33. The van der Waals surface area contributed by atoms with Gasteiger partial charge in [0.1, 0.15) is 22.9 Å². The largest absolute Gasteiger partial charge is 0.497 e. The number of hydrogen-bond acceptors (Lipinski definition) is 7. The van der Waals surface area contributed by atoms with Crippen LogP contribution in [0, 0.1) is 11.8 Å². The molecule has 2 unspecified atom stereocenters. The molecule has 0 spiro atoms. The maximum absolute atomic E-state index is 12.8. The van der Waals surface area contributed by atoms with Crippen LogP contribution in [0.2, 0.25) is 0 Å². The van der Waals surface area contributed by atoms with E-state index in [4.69, 9.17) is 9.15 Å². The molecule has 164 valence electrons. The molecule has 2 atom stereocenters. The third-order valence-electron chi connectivity index (χ3n) is 5.59. The zero-order valence-corrected chi connectivity index (χ0v) is 17.2. The fourth-order valence-corrected chi connectivity index (χ4v) is 3.74. The van der Waals surface area contributed by atoms with Gasteiger partial charge in [0.05, 0.1) is 12.7 Å². The van der Waals surface area contributed by atoms with Crippen LogP contribution in [0.3, 0.4) is 0 Å². The summed E-state index contributed by atoms with van der Waals surface area (Å²) in [6.07, 6.45) is 0.873. The van der Waals surface area contributed by atoms with Crippen molar-refractivity contribution in [2.24, 2.45) is 11.8 Å². The summed E-state index contributed by atoms with van der Waals surface area (Å²) in [6.45, 7) is 0. The smallest absolute Gasteiger partial charge is 0.242 e. The van der Waals surface area contributed by atoms with E-state index in [0.717, 1.165) is 0 Å². The summed E-state index contributed by atoms with van der Waals surface area (Å²) in [4.78, 5) is 25.6. The van der Waals surface area contributed by atoms with Gasteiger partial charge in [-0.2, -0.15) is 0 Å². The lowest BCUT2D eigenvalue weighted by Crippen LogP contribution is -2.17. The van der Waals surface area contributed by atoms with Crippen LogP contribution in [0.4, 0.5) is 20.4 Å². The molecular weight excluding hydrogens is 420 g/mol. The highest BCUT2D eigenvalue weighted by atomic mass is 19.3. The molecule has 0 aliphatic heterocycles. The maximum atomic E-state index is 12.8. The van der Waals surface area contributed by atoms with E-state index in [2.05, 4.69) is 25.6 Å². The van der Waals surface area contributed by atoms with Gasteiger partial charge in [-0.05, 0) is 24.6 Å².